The van der Waals surface area contributed by atoms with Crippen molar-refractivity contribution in [1.82, 2.24) is 20.2 Å². The molecule has 2 amide bonds. The van der Waals surface area contributed by atoms with E-state index in [0.717, 1.165) is 31.7 Å². The van der Waals surface area contributed by atoms with Crippen LogP contribution in [0, 0.1) is 5.92 Å². The molecule has 1 unspecified atom stereocenters. The van der Waals surface area contributed by atoms with Gasteiger partial charge in [-0.2, -0.15) is 0 Å². The Bertz CT molecular complexity index is 620. The van der Waals surface area contributed by atoms with Crippen LogP contribution in [-0.2, 0) is 9.59 Å². The lowest BCUT2D eigenvalue weighted by Crippen LogP contribution is -2.47. The Morgan fingerprint density at radius 3 is 2.52 bits per heavy atom. The van der Waals surface area contributed by atoms with Crippen molar-refractivity contribution in [3.8, 4) is 0 Å². The minimum atomic E-state index is -0.232. The van der Waals surface area contributed by atoms with Crippen molar-refractivity contribution in [3.05, 3.63) is 18.6 Å². The number of hydrogen-bond donors (Lipinski definition) is 1. The van der Waals surface area contributed by atoms with E-state index < -0.39 is 0 Å². The molecule has 0 spiro atoms. The van der Waals surface area contributed by atoms with E-state index >= 15 is 0 Å². The van der Waals surface area contributed by atoms with Crippen molar-refractivity contribution < 1.29 is 9.59 Å². The van der Waals surface area contributed by atoms with Gasteiger partial charge in [0, 0.05) is 50.0 Å². The highest BCUT2D eigenvalue weighted by Gasteiger charge is 2.39. The summed E-state index contributed by atoms with van der Waals surface area (Å²) < 4.78 is 0. The Balaban J connectivity index is 1.49. The fourth-order valence-electron chi connectivity index (χ4n) is 3.56. The maximum Gasteiger partial charge on any atom is 0.225 e. The molecule has 2 aliphatic rings. The lowest BCUT2D eigenvalue weighted by molar-refractivity contribution is -0.132. The molecule has 0 saturated carbocycles. The molecule has 3 heterocycles. The molecule has 2 fully saturated rings. The topological polar surface area (TPSA) is 78.4 Å². The molecular formula is C18H27N5O2. The van der Waals surface area contributed by atoms with Gasteiger partial charge in [-0.1, -0.05) is 0 Å². The minimum Gasteiger partial charge on any atom is -0.355 e. The molecule has 0 bridgehead atoms. The van der Waals surface area contributed by atoms with E-state index in [1.165, 1.54) is 0 Å². The third-order valence-electron chi connectivity index (χ3n) is 5.02. The van der Waals surface area contributed by atoms with E-state index in [2.05, 4.69) is 20.2 Å². The van der Waals surface area contributed by atoms with Crippen molar-refractivity contribution in [1.29, 1.82) is 0 Å². The minimum absolute atomic E-state index is 0.0121. The summed E-state index contributed by atoms with van der Waals surface area (Å²) in [6, 6.07) is 0.166. The molecule has 2 saturated heterocycles. The molecule has 0 aliphatic carbocycles. The maximum absolute atomic E-state index is 12.6. The van der Waals surface area contributed by atoms with Gasteiger partial charge in [0.1, 0.15) is 5.82 Å². The summed E-state index contributed by atoms with van der Waals surface area (Å²) in [6.07, 6.45) is 7.21. The van der Waals surface area contributed by atoms with Gasteiger partial charge in [0.15, 0.2) is 0 Å². The highest BCUT2D eigenvalue weighted by atomic mass is 16.2. The van der Waals surface area contributed by atoms with Crippen LogP contribution < -0.4 is 10.2 Å². The number of carbonyl (C=O) groups excluding carboxylic acids is 2. The molecule has 25 heavy (non-hydrogen) atoms. The molecule has 1 N–H and O–H groups in total. The Morgan fingerprint density at radius 1 is 1.24 bits per heavy atom. The van der Waals surface area contributed by atoms with E-state index in [1.54, 1.807) is 18.6 Å². The van der Waals surface area contributed by atoms with Gasteiger partial charge in [-0.3, -0.25) is 14.6 Å². The van der Waals surface area contributed by atoms with Crippen LogP contribution in [0.3, 0.4) is 0 Å². The molecule has 136 valence electrons. The number of nitrogens with zero attached hydrogens (tertiary/aromatic N) is 4. The SMILES string of the molecule is CC(C)(C)N1CC(C(=O)NC2CCN(c3cnccn3)CC2)CC1=O. The van der Waals surface area contributed by atoms with E-state index in [0.29, 0.717) is 13.0 Å². The number of nitrogens with one attached hydrogen (secondary N) is 1. The van der Waals surface area contributed by atoms with Crippen molar-refractivity contribution in [3.63, 3.8) is 0 Å². The molecular weight excluding hydrogens is 318 g/mol. The van der Waals surface area contributed by atoms with Crippen molar-refractivity contribution in [2.45, 2.75) is 51.6 Å². The van der Waals surface area contributed by atoms with E-state index in [9.17, 15) is 9.59 Å². The zero-order valence-corrected chi connectivity index (χ0v) is 15.2. The summed E-state index contributed by atoms with van der Waals surface area (Å²) in [5.41, 5.74) is -0.228. The van der Waals surface area contributed by atoms with E-state index in [-0.39, 0.29) is 29.3 Å². The number of anilines is 1. The summed E-state index contributed by atoms with van der Waals surface area (Å²) >= 11 is 0. The summed E-state index contributed by atoms with van der Waals surface area (Å²) in [7, 11) is 0. The molecule has 1 aromatic heterocycles. The number of piperidine rings is 1. The van der Waals surface area contributed by atoms with Crippen LogP contribution in [0.15, 0.2) is 18.6 Å². The summed E-state index contributed by atoms with van der Waals surface area (Å²) in [6.45, 7) is 8.24. The van der Waals surface area contributed by atoms with Gasteiger partial charge in [0.25, 0.3) is 0 Å². The Labute approximate surface area is 148 Å². The first kappa shape index (κ1) is 17.6. The molecule has 2 aliphatic heterocycles. The second-order valence-electron chi connectivity index (χ2n) is 7.91. The zero-order chi connectivity index (χ0) is 18.0. The van der Waals surface area contributed by atoms with Crippen LogP contribution in [0.25, 0.3) is 0 Å². The predicted octanol–water partition coefficient (Wildman–Crippen LogP) is 1.21. The van der Waals surface area contributed by atoms with E-state index in [1.807, 2.05) is 25.7 Å². The lowest BCUT2D eigenvalue weighted by atomic mass is 10.0. The number of hydrogen-bond acceptors (Lipinski definition) is 5. The van der Waals surface area contributed by atoms with Crippen molar-refractivity contribution in [2.24, 2.45) is 5.92 Å². The van der Waals surface area contributed by atoms with Crippen molar-refractivity contribution >= 4 is 17.6 Å². The summed E-state index contributed by atoms with van der Waals surface area (Å²) in [4.78, 5) is 37.1. The number of likely N-dealkylation sites (tertiary alicyclic amines) is 1. The Kier molecular flexibility index (Phi) is 4.92. The van der Waals surface area contributed by atoms with Crippen LogP contribution in [0.5, 0.6) is 0 Å². The van der Waals surface area contributed by atoms with Crippen LogP contribution in [0.4, 0.5) is 5.82 Å². The molecule has 7 nitrogen and oxygen atoms in total. The number of carbonyl (C=O) groups is 2. The quantitative estimate of drug-likeness (QED) is 0.891. The van der Waals surface area contributed by atoms with Gasteiger partial charge in [-0.05, 0) is 33.6 Å². The predicted molar refractivity (Wildman–Crippen MR) is 95.0 cm³/mol. The molecule has 3 rings (SSSR count). The highest BCUT2D eigenvalue weighted by Crippen LogP contribution is 2.26. The van der Waals surface area contributed by atoms with Gasteiger partial charge < -0.3 is 15.1 Å². The lowest BCUT2D eigenvalue weighted by Gasteiger charge is -2.34. The molecule has 1 atom stereocenters. The van der Waals surface area contributed by atoms with Crippen LogP contribution in [-0.4, -0.2) is 57.9 Å². The van der Waals surface area contributed by atoms with Crippen LogP contribution >= 0.6 is 0 Å². The average Bonchev–Trinajstić information content (AvgIpc) is 2.99. The first-order chi connectivity index (χ1) is 11.8. The van der Waals surface area contributed by atoms with Gasteiger partial charge in [0.2, 0.25) is 11.8 Å². The average molecular weight is 345 g/mol. The van der Waals surface area contributed by atoms with Gasteiger partial charge in [-0.25, -0.2) is 4.98 Å². The second kappa shape index (κ2) is 6.98. The first-order valence-corrected chi connectivity index (χ1v) is 8.96. The first-order valence-electron chi connectivity index (χ1n) is 8.96. The number of aromatic nitrogens is 2. The van der Waals surface area contributed by atoms with E-state index in [4.69, 9.17) is 0 Å². The zero-order valence-electron chi connectivity index (χ0n) is 15.2. The summed E-state index contributed by atoms with van der Waals surface area (Å²) in [5.74, 6) is 0.738. The Hall–Kier alpha value is -2.18. The van der Waals surface area contributed by atoms with Crippen LogP contribution in [0.1, 0.15) is 40.0 Å². The smallest absolute Gasteiger partial charge is 0.225 e. The summed E-state index contributed by atoms with van der Waals surface area (Å²) in [5, 5.41) is 3.14. The number of amides is 2. The largest absolute Gasteiger partial charge is 0.355 e. The molecule has 7 heteroatoms. The molecule has 0 radical (unpaired) electrons. The maximum atomic E-state index is 12.6. The van der Waals surface area contributed by atoms with Gasteiger partial charge in [0.05, 0.1) is 12.1 Å². The molecule has 1 aromatic rings. The fourth-order valence-corrected chi connectivity index (χ4v) is 3.56. The standard InChI is InChI=1S/C18H27N5O2/c1-18(2,3)23-12-13(10-16(23)24)17(25)21-14-4-8-22(9-5-14)15-11-19-6-7-20-15/h6-7,11,13-14H,4-5,8-10,12H2,1-3H3,(H,21,25). The molecule has 0 aromatic carbocycles. The Morgan fingerprint density at radius 2 is 1.96 bits per heavy atom. The van der Waals surface area contributed by atoms with Gasteiger partial charge in [-0.15, -0.1) is 0 Å². The van der Waals surface area contributed by atoms with Gasteiger partial charge >= 0.3 is 0 Å². The monoisotopic (exact) mass is 345 g/mol. The highest BCUT2D eigenvalue weighted by molar-refractivity contribution is 5.89. The fraction of sp³-hybridized carbons (Fsp3) is 0.667. The number of rotatable bonds is 3. The second-order valence-corrected chi connectivity index (χ2v) is 7.91. The van der Waals surface area contributed by atoms with Crippen molar-refractivity contribution in [2.75, 3.05) is 24.5 Å². The third-order valence-corrected chi connectivity index (χ3v) is 5.02. The third kappa shape index (κ3) is 4.08. The normalized spacial score (nSPS) is 22.4. The van der Waals surface area contributed by atoms with Crippen LogP contribution in [0.2, 0.25) is 0 Å².